The Morgan fingerprint density at radius 1 is 0.846 bits per heavy atom. The molecule has 2 N–H and O–H groups in total. The number of phenolic OH excluding ortho intramolecular Hbond substituents is 1. The highest BCUT2D eigenvalue weighted by molar-refractivity contribution is 6.36. The van der Waals surface area contributed by atoms with E-state index in [1.165, 1.54) is 35.7 Å². The number of benzene rings is 4. The van der Waals surface area contributed by atoms with Gasteiger partial charge in [-0.25, -0.2) is 23.5 Å². The van der Waals surface area contributed by atoms with Crippen LogP contribution in [0.15, 0.2) is 112 Å². The van der Waals surface area contributed by atoms with Crippen LogP contribution < -0.4 is 26.3 Å². The van der Waals surface area contributed by atoms with Gasteiger partial charge >= 0.3 is 11.4 Å². The maximum Gasteiger partial charge on any atom is 0.352 e. The fourth-order valence-electron chi connectivity index (χ4n) is 8.14. The van der Waals surface area contributed by atoms with Crippen molar-refractivity contribution in [3.8, 4) is 22.9 Å². The first-order chi connectivity index (χ1) is 25.1. The molecule has 3 aliphatic rings. The Morgan fingerprint density at radius 2 is 1.56 bits per heavy atom. The molecule has 14 heteroatoms. The normalized spacial score (nSPS) is 22.0. The third-order valence-corrected chi connectivity index (χ3v) is 11.0. The number of rotatable bonds is 7. The molecule has 0 unspecified atom stereocenters. The first-order valence-corrected chi connectivity index (χ1v) is 17.2. The second kappa shape index (κ2) is 12.5. The van der Waals surface area contributed by atoms with Gasteiger partial charge in [0, 0.05) is 22.6 Å². The van der Waals surface area contributed by atoms with Gasteiger partial charge in [-0.15, -0.1) is 0 Å². The third-order valence-electron chi connectivity index (χ3n) is 10.4. The van der Waals surface area contributed by atoms with Gasteiger partial charge in [-0.05, 0) is 66.1 Å². The number of phenols is 1. The number of halogens is 2. The summed E-state index contributed by atoms with van der Waals surface area (Å²) in [5, 5.41) is 13.2. The quantitative estimate of drug-likeness (QED) is 0.166. The van der Waals surface area contributed by atoms with Crippen molar-refractivity contribution >= 4 is 40.7 Å². The van der Waals surface area contributed by atoms with Gasteiger partial charge in [0.2, 0.25) is 0 Å². The largest absolute Gasteiger partial charge is 0.508 e. The highest BCUT2D eigenvalue weighted by atomic mass is 35.5. The molecule has 52 heavy (non-hydrogen) atoms. The summed E-state index contributed by atoms with van der Waals surface area (Å²) in [6, 6.07) is 24.0. The van der Waals surface area contributed by atoms with Crippen LogP contribution in [0.3, 0.4) is 0 Å². The number of aromatic nitrogens is 3. The Balaban J connectivity index is 1.39. The number of hydrogen-bond donors (Lipinski definition) is 2. The average Bonchev–Trinajstić information content (AvgIpc) is 3.53. The standard InChI is InChI=1S/C38H31Cl2N5O7/c1-51-24-11-8-21(9-12-24)38-28(34(47)44(35(38)48)41-30-15-10-22(39)18-29(30)40)20-31-26(33(38)27-14-13-25(52-2)19-32(27)46)16-17-42-36(49)43(37(50)45(31)42)23-6-4-3-5-7-23/h3-16,18-19,28,31,33,41,46H,17,20H2,1-2H3/t28-,31+,33+,38+/m0/s1. The number of carbonyl (C=O) groups is 2. The van der Waals surface area contributed by atoms with E-state index in [1.807, 2.05) is 6.08 Å². The Kier molecular flexibility index (Phi) is 8.03. The van der Waals surface area contributed by atoms with Crippen LogP contribution in [0.4, 0.5) is 5.69 Å². The van der Waals surface area contributed by atoms with Crippen molar-refractivity contribution in [1.29, 1.82) is 0 Å². The van der Waals surface area contributed by atoms with Crippen molar-refractivity contribution < 1.29 is 24.2 Å². The molecule has 2 fully saturated rings. The zero-order valence-electron chi connectivity index (χ0n) is 27.8. The number of nitrogens with one attached hydrogen (secondary N) is 1. The van der Waals surface area contributed by atoms with E-state index in [0.717, 1.165) is 9.58 Å². The van der Waals surface area contributed by atoms with Crippen LogP contribution in [0.5, 0.6) is 17.2 Å². The summed E-state index contributed by atoms with van der Waals surface area (Å²) in [5.41, 5.74) is 2.22. The predicted molar refractivity (Wildman–Crippen MR) is 194 cm³/mol. The molecule has 1 saturated carbocycles. The second-order valence-electron chi connectivity index (χ2n) is 12.8. The molecule has 12 nitrogen and oxygen atoms in total. The van der Waals surface area contributed by atoms with E-state index < -0.39 is 46.5 Å². The van der Waals surface area contributed by atoms with E-state index >= 15 is 4.79 Å². The second-order valence-corrected chi connectivity index (χ2v) is 13.7. The SMILES string of the molecule is COc1ccc([C@@]23C(=O)N(Nc4ccc(Cl)cc4Cl)C(=O)[C@@H]2C[C@@H]2C(=CCn4c(=O)n(-c5ccccc5)c(=O)n42)[C@@H]3c2ccc(OC)cc2O)cc1. The molecule has 0 radical (unpaired) electrons. The van der Waals surface area contributed by atoms with Gasteiger partial charge in [0.15, 0.2) is 0 Å². The number of hydrogen-bond acceptors (Lipinski definition) is 8. The number of amides is 2. The lowest BCUT2D eigenvalue weighted by atomic mass is 9.53. The zero-order valence-corrected chi connectivity index (χ0v) is 29.3. The van der Waals surface area contributed by atoms with Crippen molar-refractivity contribution in [2.75, 3.05) is 19.6 Å². The van der Waals surface area contributed by atoms with Gasteiger partial charge in [-0.1, -0.05) is 65.7 Å². The van der Waals surface area contributed by atoms with Crippen molar-refractivity contribution in [2.24, 2.45) is 5.92 Å². The van der Waals surface area contributed by atoms with Crippen LogP contribution in [0, 0.1) is 5.92 Å². The van der Waals surface area contributed by atoms with E-state index in [9.17, 15) is 19.5 Å². The number of hydrazine groups is 1. The van der Waals surface area contributed by atoms with Gasteiger partial charge in [0.05, 0.1) is 54.5 Å². The molecule has 0 spiro atoms. The summed E-state index contributed by atoms with van der Waals surface area (Å²) in [5.74, 6) is -2.56. The maximum atomic E-state index is 15.3. The minimum Gasteiger partial charge on any atom is -0.508 e. The van der Waals surface area contributed by atoms with E-state index in [-0.39, 0.29) is 29.4 Å². The fraction of sp³-hybridized carbons (Fsp3) is 0.211. The van der Waals surface area contributed by atoms with Crippen molar-refractivity contribution in [3.05, 3.63) is 145 Å². The molecule has 2 amide bonds. The van der Waals surface area contributed by atoms with Gasteiger partial charge in [-0.2, -0.15) is 5.01 Å². The lowest BCUT2D eigenvalue weighted by Crippen LogP contribution is -2.53. The molecule has 3 heterocycles. The maximum absolute atomic E-state index is 15.3. The van der Waals surface area contributed by atoms with Gasteiger partial charge < -0.3 is 14.6 Å². The number of imide groups is 1. The Bertz CT molecular complexity index is 2420. The number of fused-ring (bicyclic) bond motifs is 4. The summed E-state index contributed by atoms with van der Waals surface area (Å²) >= 11 is 12.7. The average molecular weight is 741 g/mol. The van der Waals surface area contributed by atoms with E-state index in [0.29, 0.717) is 38.9 Å². The summed E-state index contributed by atoms with van der Waals surface area (Å²) < 4.78 is 14.7. The number of nitrogens with zero attached hydrogens (tertiary/aromatic N) is 4. The van der Waals surface area contributed by atoms with Gasteiger partial charge in [-0.3, -0.25) is 15.0 Å². The molecule has 4 atom stereocenters. The summed E-state index contributed by atoms with van der Waals surface area (Å²) in [4.78, 5) is 58.3. The summed E-state index contributed by atoms with van der Waals surface area (Å²) in [6.07, 6.45) is 1.79. The Morgan fingerprint density at radius 3 is 2.23 bits per heavy atom. The monoisotopic (exact) mass is 739 g/mol. The number of ether oxygens (including phenoxy) is 2. The van der Waals surface area contributed by atoms with Gasteiger partial charge in [0.25, 0.3) is 11.8 Å². The number of carbonyl (C=O) groups excluding carboxylic acids is 2. The smallest absolute Gasteiger partial charge is 0.352 e. The molecule has 2 aliphatic heterocycles. The van der Waals surface area contributed by atoms with Crippen LogP contribution in [0.25, 0.3) is 5.69 Å². The first kappa shape index (κ1) is 33.4. The van der Waals surface area contributed by atoms with E-state index in [1.54, 1.807) is 78.9 Å². The Labute approximate surface area is 306 Å². The molecule has 1 aromatic heterocycles. The van der Waals surface area contributed by atoms with E-state index in [4.69, 9.17) is 32.7 Å². The minimum atomic E-state index is -1.66. The van der Waals surface area contributed by atoms with Crippen LogP contribution in [-0.2, 0) is 21.5 Å². The molecular weight excluding hydrogens is 709 g/mol. The van der Waals surface area contributed by atoms with Crippen LogP contribution in [-0.4, -0.2) is 50.1 Å². The molecule has 1 saturated heterocycles. The van der Waals surface area contributed by atoms with Crippen LogP contribution >= 0.6 is 23.2 Å². The van der Waals surface area contributed by atoms with Crippen LogP contribution in [0.2, 0.25) is 10.0 Å². The molecule has 4 aromatic carbocycles. The topological polar surface area (TPSA) is 137 Å². The first-order valence-electron chi connectivity index (χ1n) is 16.4. The molecule has 0 bridgehead atoms. The number of aromatic hydroxyl groups is 1. The summed E-state index contributed by atoms with van der Waals surface area (Å²) in [7, 11) is 2.99. The predicted octanol–water partition coefficient (Wildman–Crippen LogP) is 5.45. The molecule has 1 aliphatic carbocycles. The highest BCUT2D eigenvalue weighted by Crippen LogP contribution is 2.63. The van der Waals surface area contributed by atoms with Crippen LogP contribution in [0.1, 0.15) is 29.5 Å². The van der Waals surface area contributed by atoms with Crippen molar-refractivity contribution in [2.45, 2.75) is 30.3 Å². The lowest BCUT2D eigenvalue weighted by molar-refractivity contribution is -0.138. The molecule has 8 rings (SSSR count). The number of anilines is 1. The summed E-state index contributed by atoms with van der Waals surface area (Å²) in [6.45, 7) is 0.000992. The fourth-order valence-corrected chi connectivity index (χ4v) is 8.59. The third kappa shape index (κ3) is 4.81. The lowest BCUT2D eigenvalue weighted by Gasteiger charge is -2.49. The van der Waals surface area contributed by atoms with Crippen molar-refractivity contribution in [1.82, 2.24) is 18.9 Å². The minimum absolute atomic E-state index is 0.000992. The Hall–Kier alpha value is -5.72. The number of allylic oxidation sites excluding steroid dienone is 2. The van der Waals surface area contributed by atoms with Gasteiger partial charge in [0.1, 0.15) is 17.2 Å². The molecule has 264 valence electrons. The zero-order chi connectivity index (χ0) is 36.5. The number of methoxy groups -OCH3 is 2. The van der Waals surface area contributed by atoms with Crippen molar-refractivity contribution in [3.63, 3.8) is 0 Å². The number of para-hydroxylation sites is 1. The molecular formula is C38H31Cl2N5O7. The molecule has 5 aromatic rings. The highest BCUT2D eigenvalue weighted by Gasteiger charge is 2.69. The van der Waals surface area contributed by atoms with E-state index in [2.05, 4.69) is 5.43 Å².